The summed E-state index contributed by atoms with van der Waals surface area (Å²) in [4.78, 5) is 14.7. The van der Waals surface area contributed by atoms with Gasteiger partial charge in [-0.3, -0.25) is 4.79 Å². The summed E-state index contributed by atoms with van der Waals surface area (Å²) in [6.45, 7) is 0. The highest BCUT2D eigenvalue weighted by Gasteiger charge is 2.29. The minimum atomic E-state index is 0.137. The van der Waals surface area contributed by atoms with Crippen LogP contribution in [-0.2, 0) is 4.79 Å². The van der Waals surface area contributed by atoms with Crippen LogP contribution in [0.25, 0.3) is 10.2 Å². The van der Waals surface area contributed by atoms with Crippen molar-refractivity contribution in [3.8, 4) is 0 Å². The number of hydrogen-bond donors (Lipinski definition) is 2. The maximum absolute atomic E-state index is 11.6. The number of aromatic nitrogens is 1. The minimum absolute atomic E-state index is 0.137. The fraction of sp³-hybridized carbons (Fsp3) is 0.273. The van der Waals surface area contributed by atoms with Gasteiger partial charge in [0.25, 0.3) is 0 Å². The predicted molar refractivity (Wildman–Crippen MR) is 68.4 cm³/mol. The fourth-order valence-electron chi connectivity index (χ4n) is 1.61. The van der Waals surface area contributed by atoms with Crippen molar-refractivity contribution in [3.05, 3.63) is 22.2 Å². The monoisotopic (exact) mass is 250 g/mol. The van der Waals surface area contributed by atoms with Crippen LogP contribution in [0, 0.1) is 9.87 Å². The first-order valence-electron chi connectivity index (χ1n) is 5.16. The lowest BCUT2D eigenvalue weighted by Crippen LogP contribution is -2.12. The Balaban J connectivity index is 1.91. The Morgan fingerprint density at radius 3 is 3.06 bits per heavy atom. The van der Waals surface area contributed by atoms with E-state index in [-0.39, 0.29) is 11.8 Å². The molecular weight excluding hydrogens is 240 g/mol. The number of rotatable bonds is 2. The molecule has 0 bridgehead atoms. The van der Waals surface area contributed by atoms with Gasteiger partial charge in [0.1, 0.15) is 0 Å². The molecule has 82 valence electrons. The molecule has 16 heavy (non-hydrogen) atoms. The highest BCUT2D eigenvalue weighted by Crippen LogP contribution is 2.31. The van der Waals surface area contributed by atoms with E-state index in [1.807, 2.05) is 18.2 Å². The quantitative estimate of drug-likeness (QED) is 0.803. The third-order valence-corrected chi connectivity index (χ3v) is 3.83. The van der Waals surface area contributed by atoms with Gasteiger partial charge in [-0.05, 0) is 43.3 Å². The van der Waals surface area contributed by atoms with Crippen LogP contribution in [0.1, 0.15) is 12.8 Å². The van der Waals surface area contributed by atoms with Gasteiger partial charge in [-0.15, -0.1) is 11.3 Å². The Labute approximate surface area is 101 Å². The second-order valence-corrected chi connectivity index (χ2v) is 5.71. The lowest BCUT2D eigenvalue weighted by atomic mass is 10.3. The summed E-state index contributed by atoms with van der Waals surface area (Å²) in [5.41, 5.74) is 1.88. The summed E-state index contributed by atoms with van der Waals surface area (Å²) in [5.74, 6) is 0.374. The summed E-state index contributed by atoms with van der Waals surface area (Å²) in [7, 11) is 0. The zero-order valence-corrected chi connectivity index (χ0v) is 10.1. The van der Waals surface area contributed by atoms with Crippen molar-refractivity contribution in [3.63, 3.8) is 0 Å². The number of nitrogens with one attached hydrogen (secondary N) is 2. The van der Waals surface area contributed by atoms with E-state index in [0.29, 0.717) is 0 Å². The first-order chi connectivity index (χ1) is 7.72. The summed E-state index contributed by atoms with van der Waals surface area (Å²) in [6, 6.07) is 5.82. The molecule has 0 aliphatic heterocycles. The topological polar surface area (TPSA) is 44.9 Å². The molecule has 1 amide bonds. The van der Waals surface area contributed by atoms with Gasteiger partial charge in [0.2, 0.25) is 5.91 Å². The molecule has 1 aliphatic rings. The number of fused-ring (bicyclic) bond motifs is 1. The molecule has 1 heterocycles. The molecular formula is C11H10N2OS2. The van der Waals surface area contributed by atoms with E-state index < -0.39 is 0 Å². The number of amides is 1. The molecule has 0 spiro atoms. The largest absolute Gasteiger partial charge is 0.337 e. The number of carbonyl (C=O) groups is 1. The molecule has 1 aliphatic carbocycles. The number of aromatic amines is 1. The second-order valence-electron chi connectivity index (χ2n) is 3.99. The molecule has 0 radical (unpaired) electrons. The Morgan fingerprint density at radius 2 is 2.31 bits per heavy atom. The first kappa shape index (κ1) is 9.99. The SMILES string of the molecule is O=C(Nc1ccc2[nH]c(=S)sc2c1)C1CC1. The number of anilines is 1. The molecule has 0 saturated heterocycles. The van der Waals surface area contributed by atoms with E-state index in [9.17, 15) is 4.79 Å². The van der Waals surface area contributed by atoms with Crippen molar-refractivity contribution in [1.82, 2.24) is 4.98 Å². The number of benzene rings is 1. The molecule has 2 aromatic rings. The Bertz CT molecular complexity index is 610. The van der Waals surface area contributed by atoms with Crippen molar-refractivity contribution in [2.24, 2.45) is 5.92 Å². The van der Waals surface area contributed by atoms with E-state index in [4.69, 9.17) is 12.2 Å². The van der Waals surface area contributed by atoms with Crippen molar-refractivity contribution >= 4 is 45.4 Å². The van der Waals surface area contributed by atoms with Crippen LogP contribution < -0.4 is 5.32 Å². The summed E-state index contributed by atoms with van der Waals surface area (Å²) >= 11 is 6.60. The van der Waals surface area contributed by atoms with E-state index >= 15 is 0 Å². The van der Waals surface area contributed by atoms with Crippen molar-refractivity contribution in [1.29, 1.82) is 0 Å². The molecule has 5 heteroatoms. The van der Waals surface area contributed by atoms with Gasteiger partial charge < -0.3 is 10.3 Å². The lowest BCUT2D eigenvalue weighted by molar-refractivity contribution is -0.117. The number of thiazole rings is 1. The lowest BCUT2D eigenvalue weighted by Gasteiger charge is -2.03. The van der Waals surface area contributed by atoms with E-state index in [1.54, 1.807) is 0 Å². The third-order valence-electron chi connectivity index (χ3n) is 2.64. The summed E-state index contributed by atoms with van der Waals surface area (Å²) < 4.78 is 1.85. The molecule has 1 aromatic carbocycles. The minimum Gasteiger partial charge on any atom is -0.337 e. The highest BCUT2D eigenvalue weighted by molar-refractivity contribution is 7.73. The molecule has 3 rings (SSSR count). The second kappa shape index (κ2) is 3.68. The van der Waals surface area contributed by atoms with Crippen LogP contribution in [0.4, 0.5) is 5.69 Å². The van der Waals surface area contributed by atoms with E-state index in [0.717, 1.165) is 32.7 Å². The normalized spacial score (nSPS) is 15.2. The van der Waals surface area contributed by atoms with Gasteiger partial charge >= 0.3 is 0 Å². The van der Waals surface area contributed by atoms with E-state index in [2.05, 4.69) is 10.3 Å². The number of carbonyl (C=O) groups excluding carboxylic acids is 1. The molecule has 3 nitrogen and oxygen atoms in total. The van der Waals surface area contributed by atoms with Gasteiger partial charge in [-0.25, -0.2) is 0 Å². The number of hydrogen-bond acceptors (Lipinski definition) is 3. The van der Waals surface area contributed by atoms with Crippen LogP contribution >= 0.6 is 23.6 Å². The molecule has 1 fully saturated rings. The van der Waals surface area contributed by atoms with Crippen LogP contribution in [0.15, 0.2) is 18.2 Å². The van der Waals surface area contributed by atoms with Crippen molar-refractivity contribution < 1.29 is 4.79 Å². The van der Waals surface area contributed by atoms with Crippen LogP contribution in [0.5, 0.6) is 0 Å². The zero-order chi connectivity index (χ0) is 11.1. The van der Waals surface area contributed by atoms with E-state index in [1.165, 1.54) is 11.3 Å². The highest BCUT2D eigenvalue weighted by atomic mass is 32.1. The molecule has 2 N–H and O–H groups in total. The Hall–Kier alpha value is -1.20. The maximum atomic E-state index is 11.6. The summed E-state index contributed by atoms with van der Waals surface area (Å²) in [5, 5.41) is 2.93. The first-order valence-corrected chi connectivity index (χ1v) is 6.38. The zero-order valence-electron chi connectivity index (χ0n) is 8.45. The van der Waals surface area contributed by atoms with Gasteiger partial charge in [-0.2, -0.15) is 0 Å². The average Bonchev–Trinajstić information content (AvgIpc) is 3.01. The van der Waals surface area contributed by atoms with Crippen LogP contribution in [0.3, 0.4) is 0 Å². The van der Waals surface area contributed by atoms with Crippen molar-refractivity contribution in [2.75, 3.05) is 5.32 Å². The standard InChI is InChI=1S/C11H10N2OS2/c14-10(6-1-2-6)12-7-3-4-8-9(5-7)16-11(15)13-8/h3-6H,1-2H2,(H,12,14)(H,13,15). The van der Waals surface area contributed by atoms with Crippen LogP contribution in [-0.4, -0.2) is 10.9 Å². The van der Waals surface area contributed by atoms with Gasteiger partial charge in [0, 0.05) is 11.6 Å². The van der Waals surface area contributed by atoms with Gasteiger partial charge in [0.15, 0.2) is 3.95 Å². The third kappa shape index (κ3) is 1.88. The maximum Gasteiger partial charge on any atom is 0.227 e. The molecule has 1 aromatic heterocycles. The predicted octanol–water partition coefficient (Wildman–Crippen LogP) is 3.31. The molecule has 1 saturated carbocycles. The fourth-order valence-corrected chi connectivity index (χ4v) is 2.77. The smallest absolute Gasteiger partial charge is 0.227 e. The molecule has 0 unspecified atom stereocenters. The van der Waals surface area contributed by atoms with Gasteiger partial charge in [-0.1, -0.05) is 0 Å². The van der Waals surface area contributed by atoms with Crippen LogP contribution in [0.2, 0.25) is 0 Å². The number of H-pyrrole nitrogens is 1. The average molecular weight is 250 g/mol. The van der Waals surface area contributed by atoms with Gasteiger partial charge in [0.05, 0.1) is 10.2 Å². The Morgan fingerprint density at radius 1 is 1.50 bits per heavy atom. The summed E-state index contributed by atoms with van der Waals surface area (Å²) in [6.07, 6.45) is 2.05. The Kier molecular flexibility index (Phi) is 2.29. The van der Waals surface area contributed by atoms with Crippen molar-refractivity contribution in [2.45, 2.75) is 12.8 Å². The molecule has 0 atom stereocenters.